The highest BCUT2D eigenvalue weighted by atomic mass is 16.7. The molecule has 8 nitrogen and oxygen atoms in total. The molecule has 1 amide bonds. The highest BCUT2D eigenvalue weighted by molar-refractivity contribution is 6.05. The molecule has 0 saturated carbocycles. The number of nitrogens with one attached hydrogen (secondary N) is 1. The summed E-state index contributed by atoms with van der Waals surface area (Å²) in [4.78, 5) is 47.9. The number of carbonyl (C=O) groups excluding carboxylic acids is 4. The molecule has 1 aromatic rings. The minimum atomic E-state index is -0.929. The van der Waals surface area contributed by atoms with Crippen molar-refractivity contribution in [1.29, 1.82) is 0 Å². The van der Waals surface area contributed by atoms with Crippen LogP contribution in [0, 0.1) is 0 Å². The number of hydrogen-bond donors (Lipinski definition) is 1. The first-order valence-corrected chi connectivity index (χ1v) is 14.9. The lowest BCUT2D eigenvalue weighted by Crippen LogP contribution is -2.26. The lowest BCUT2D eigenvalue weighted by Gasteiger charge is -2.10. The normalized spacial score (nSPS) is 11.0. The Labute approximate surface area is 245 Å². The van der Waals surface area contributed by atoms with Gasteiger partial charge in [0, 0.05) is 13.0 Å². The number of allylic oxidation sites excluding steroid dienone is 3. The van der Waals surface area contributed by atoms with Crippen LogP contribution in [0.1, 0.15) is 125 Å². The molecule has 0 saturated heterocycles. The molecule has 228 valence electrons. The molecule has 1 N–H and O–H groups in total. The van der Waals surface area contributed by atoms with Crippen LogP contribution in [-0.2, 0) is 19.0 Å². The molecule has 0 aromatic heterocycles. The van der Waals surface area contributed by atoms with Gasteiger partial charge in [0.2, 0.25) is 0 Å². The van der Waals surface area contributed by atoms with E-state index in [2.05, 4.69) is 34.7 Å². The quantitative estimate of drug-likeness (QED) is 0.0734. The maximum atomic E-state index is 12.7. The minimum absolute atomic E-state index is 0.182. The molecule has 0 atom stereocenters. The summed E-state index contributed by atoms with van der Waals surface area (Å²) in [6.45, 7) is 8.74. The van der Waals surface area contributed by atoms with Gasteiger partial charge in [0.1, 0.15) is 6.61 Å². The van der Waals surface area contributed by atoms with Gasteiger partial charge in [0.25, 0.3) is 5.91 Å². The minimum Gasteiger partial charge on any atom is -0.458 e. The second-order valence-electron chi connectivity index (χ2n) is 10.4. The molecule has 0 heterocycles. The van der Waals surface area contributed by atoms with Crippen molar-refractivity contribution in [2.45, 2.75) is 105 Å². The van der Waals surface area contributed by atoms with Gasteiger partial charge in [0.15, 0.2) is 0 Å². The van der Waals surface area contributed by atoms with Gasteiger partial charge >= 0.3 is 18.1 Å². The highest BCUT2D eigenvalue weighted by Gasteiger charge is 2.17. The van der Waals surface area contributed by atoms with E-state index in [4.69, 9.17) is 4.74 Å². The Morgan fingerprint density at radius 3 is 2.00 bits per heavy atom. The van der Waals surface area contributed by atoms with E-state index in [1.165, 1.54) is 5.57 Å². The molecule has 8 heteroatoms. The highest BCUT2D eigenvalue weighted by Crippen LogP contribution is 2.13. The van der Waals surface area contributed by atoms with Gasteiger partial charge in [0.05, 0.1) is 17.7 Å². The van der Waals surface area contributed by atoms with E-state index in [0.717, 1.165) is 69.8 Å². The van der Waals surface area contributed by atoms with Crippen molar-refractivity contribution in [3.8, 4) is 0 Å². The molecule has 0 fully saturated rings. The topological polar surface area (TPSA) is 108 Å². The van der Waals surface area contributed by atoms with Crippen LogP contribution in [0.4, 0.5) is 4.79 Å². The number of unbranched alkanes of at least 4 members (excludes halogenated alkanes) is 8. The average Bonchev–Trinajstić information content (AvgIpc) is 2.93. The SMILES string of the molecule is CCOC(=O)OC(=O)CCCCCCCCCCCNC(=O)c1ccccc1C(=O)OC/C=C(\C)CCC=C(C)C. The van der Waals surface area contributed by atoms with Crippen LogP contribution in [0.25, 0.3) is 0 Å². The fourth-order valence-electron chi connectivity index (χ4n) is 4.11. The molecule has 0 spiro atoms. The predicted octanol–water partition coefficient (Wildman–Crippen LogP) is 7.87. The smallest absolute Gasteiger partial charge is 0.458 e. The van der Waals surface area contributed by atoms with Crippen molar-refractivity contribution in [2.75, 3.05) is 19.8 Å². The lowest BCUT2D eigenvalue weighted by atomic mass is 10.1. The van der Waals surface area contributed by atoms with Crippen molar-refractivity contribution in [1.82, 2.24) is 5.32 Å². The van der Waals surface area contributed by atoms with Crippen LogP contribution in [-0.4, -0.2) is 43.8 Å². The summed E-state index contributed by atoms with van der Waals surface area (Å²) >= 11 is 0. The third-order valence-electron chi connectivity index (χ3n) is 6.43. The summed E-state index contributed by atoms with van der Waals surface area (Å²) in [7, 11) is 0. The number of benzene rings is 1. The van der Waals surface area contributed by atoms with E-state index in [1.54, 1.807) is 31.2 Å². The summed E-state index contributed by atoms with van der Waals surface area (Å²) in [5.74, 6) is -1.30. The average molecular weight is 572 g/mol. The fraction of sp³-hybridized carbons (Fsp3) is 0.576. The first-order valence-electron chi connectivity index (χ1n) is 14.9. The Kier molecular flexibility index (Phi) is 19.4. The maximum absolute atomic E-state index is 12.7. The van der Waals surface area contributed by atoms with Crippen molar-refractivity contribution >= 4 is 24.0 Å². The van der Waals surface area contributed by atoms with Gasteiger partial charge in [-0.2, -0.15) is 0 Å². The van der Waals surface area contributed by atoms with Gasteiger partial charge in [-0.25, -0.2) is 9.59 Å². The monoisotopic (exact) mass is 571 g/mol. The molecule has 0 bridgehead atoms. The first kappa shape index (κ1) is 35.6. The second kappa shape index (κ2) is 22.3. The summed E-state index contributed by atoms with van der Waals surface area (Å²) in [5, 5.41) is 2.92. The molecule has 0 aliphatic rings. The third kappa shape index (κ3) is 17.8. The zero-order valence-corrected chi connectivity index (χ0v) is 25.4. The van der Waals surface area contributed by atoms with Gasteiger partial charge in [-0.1, -0.05) is 74.3 Å². The predicted molar refractivity (Wildman–Crippen MR) is 161 cm³/mol. The van der Waals surface area contributed by atoms with Crippen molar-refractivity contribution in [3.63, 3.8) is 0 Å². The van der Waals surface area contributed by atoms with Gasteiger partial charge in [-0.05, 0) is 71.6 Å². The van der Waals surface area contributed by atoms with Crippen molar-refractivity contribution < 1.29 is 33.4 Å². The summed E-state index contributed by atoms with van der Waals surface area (Å²) in [6.07, 6.45) is 14.3. The van der Waals surface area contributed by atoms with Crippen molar-refractivity contribution in [3.05, 3.63) is 58.7 Å². The van der Waals surface area contributed by atoms with Crippen molar-refractivity contribution in [2.24, 2.45) is 0 Å². The van der Waals surface area contributed by atoms with Crippen LogP contribution >= 0.6 is 0 Å². The van der Waals surface area contributed by atoms with E-state index in [9.17, 15) is 19.2 Å². The fourth-order valence-corrected chi connectivity index (χ4v) is 4.11. The largest absolute Gasteiger partial charge is 0.516 e. The second-order valence-corrected chi connectivity index (χ2v) is 10.4. The first-order chi connectivity index (χ1) is 19.7. The molecular weight excluding hydrogens is 522 g/mol. The summed E-state index contributed by atoms with van der Waals surface area (Å²) in [5.41, 5.74) is 3.05. The molecule has 0 aliphatic carbocycles. The van der Waals surface area contributed by atoms with E-state index in [-0.39, 0.29) is 31.1 Å². The Morgan fingerprint density at radius 2 is 1.37 bits per heavy atom. The molecular formula is C33H49NO7. The molecule has 41 heavy (non-hydrogen) atoms. The molecule has 1 rings (SSSR count). The zero-order chi connectivity index (χ0) is 30.3. The van der Waals surface area contributed by atoms with Crippen LogP contribution in [0.5, 0.6) is 0 Å². The number of carbonyl (C=O) groups is 4. The summed E-state index contributed by atoms with van der Waals surface area (Å²) < 4.78 is 14.5. The standard InChI is InChI=1S/C33H49NO7/c1-5-39-33(38)41-30(35)22-13-11-9-7-6-8-10-12-16-24-34-31(36)28-20-14-15-21-29(28)32(37)40-25-23-27(4)19-17-18-26(2)3/h14-15,18,20-21,23H,5-13,16-17,19,22,24-25H2,1-4H3,(H,34,36)/b27-23+. The number of rotatable bonds is 20. The molecule has 0 unspecified atom stereocenters. The summed E-state index contributed by atoms with van der Waals surface area (Å²) in [6, 6.07) is 6.75. The van der Waals surface area contributed by atoms with Crippen LogP contribution in [0.3, 0.4) is 0 Å². The number of ether oxygens (including phenoxy) is 3. The third-order valence-corrected chi connectivity index (χ3v) is 6.43. The Bertz CT molecular complexity index is 1010. The van der Waals surface area contributed by atoms with E-state index in [1.807, 2.05) is 13.0 Å². The lowest BCUT2D eigenvalue weighted by molar-refractivity contribution is -0.139. The maximum Gasteiger partial charge on any atom is 0.516 e. The molecule has 0 radical (unpaired) electrons. The van der Waals surface area contributed by atoms with Gasteiger partial charge < -0.3 is 19.5 Å². The van der Waals surface area contributed by atoms with E-state index in [0.29, 0.717) is 18.5 Å². The van der Waals surface area contributed by atoms with E-state index < -0.39 is 18.1 Å². The molecule has 0 aliphatic heterocycles. The van der Waals surface area contributed by atoms with E-state index >= 15 is 0 Å². The van der Waals surface area contributed by atoms with Crippen LogP contribution in [0.2, 0.25) is 0 Å². The zero-order valence-electron chi connectivity index (χ0n) is 25.4. The Hall–Kier alpha value is -3.42. The number of amides is 1. The number of hydrogen-bond acceptors (Lipinski definition) is 7. The molecule has 1 aromatic carbocycles. The van der Waals surface area contributed by atoms with Crippen LogP contribution < -0.4 is 5.32 Å². The van der Waals surface area contributed by atoms with Crippen LogP contribution in [0.15, 0.2) is 47.6 Å². The Balaban J connectivity index is 2.19. The number of esters is 2. The Morgan fingerprint density at radius 1 is 0.756 bits per heavy atom. The van der Waals surface area contributed by atoms with Gasteiger partial charge in [-0.15, -0.1) is 0 Å². The van der Waals surface area contributed by atoms with Gasteiger partial charge in [-0.3, -0.25) is 9.59 Å².